The first kappa shape index (κ1) is 21.0. The lowest BCUT2D eigenvalue weighted by Gasteiger charge is -2.40. The van der Waals surface area contributed by atoms with E-state index in [0.717, 1.165) is 57.3 Å². The first-order chi connectivity index (χ1) is 15.3. The van der Waals surface area contributed by atoms with Gasteiger partial charge in [-0.15, -0.1) is 0 Å². The third-order valence-electron chi connectivity index (χ3n) is 7.86. The van der Waals surface area contributed by atoms with E-state index in [-0.39, 0.29) is 0 Å². The SMILES string of the molecule is N#Cc1nc(N2CCOCC2)c2c(c1NC1CCCCC1)CN(C1CCCCC1)CC2. The summed E-state index contributed by atoms with van der Waals surface area (Å²) in [6, 6.07) is 3.64. The minimum Gasteiger partial charge on any atom is -0.380 e. The first-order valence-electron chi connectivity index (χ1n) is 12.6. The van der Waals surface area contributed by atoms with Crippen LogP contribution in [0.5, 0.6) is 0 Å². The molecule has 1 aromatic rings. The van der Waals surface area contributed by atoms with Gasteiger partial charge in [0.25, 0.3) is 0 Å². The van der Waals surface area contributed by atoms with Crippen LogP contribution in [-0.2, 0) is 17.7 Å². The summed E-state index contributed by atoms with van der Waals surface area (Å²) in [6.07, 6.45) is 14.1. The molecule has 0 amide bonds. The summed E-state index contributed by atoms with van der Waals surface area (Å²) in [5, 5.41) is 13.9. The van der Waals surface area contributed by atoms with Gasteiger partial charge < -0.3 is 15.0 Å². The molecule has 6 nitrogen and oxygen atoms in total. The van der Waals surface area contributed by atoms with E-state index < -0.39 is 0 Å². The molecule has 3 heterocycles. The van der Waals surface area contributed by atoms with Crippen molar-refractivity contribution in [3.8, 4) is 6.07 Å². The first-order valence-corrected chi connectivity index (χ1v) is 12.6. The number of anilines is 2. The summed E-state index contributed by atoms with van der Waals surface area (Å²) in [6.45, 7) is 5.30. The summed E-state index contributed by atoms with van der Waals surface area (Å²) >= 11 is 0. The maximum atomic E-state index is 10.1. The third kappa shape index (κ3) is 4.54. The van der Waals surface area contributed by atoms with E-state index in [1.807, 2.05) is 0 Å². The maximum Gasteiger partial charge on any atom is 0.166 e. The fourth-order valence-corrected chi connectivity index (χ4v) is 6.11. The third-order valence-corrected chi connectivity index (χ3v) is 7.86. The Morgan fingerprint density at radius 2 is 1.61 bits per heavy atom. The van der Waals surface area contributed by atoms with Crippen LogP contribution in [-0.4, -0.2) is 54.8 Å². The van der Waals surface area contributed by atoms with Gasteiger partial charge in [-0.2, -0.15) is 5.26 Å². The van der Waals surface area contributed by atoms with Crippen molar-refractivity contribution in [2.24, 2.45) is 0 Å². The quantitative estimate of drug-likeness (QED) is 0.782. The lowest BCUT2D eigenvalue weighted by molar-refractivity contribution is 0.121. The molecule has 31 heavy (non-hydrogen) atoms. The Bertz CT molecular complexity index is 801. The van der Waals surface area contributed by atoms with Gasteiger partial charge in [0.15, 0.2) is 5.69 Å². The van der Waals surface area contributed by atoms with Crippen molar-refractivity contribution in [3.63, 3.8) is 0 Å². The van der Waals surface area contributed by atoms with Crippen molar-refractivity contribution in [2.45, 2.75) is 89.3 Å². The van der Waals surface area contributed by atoms with Gasteiger partial charge in [-0.3, -0.25) is 4.90 Å². The summed E-state index contributed by atoms with van der Waals surface area (Å²) in [5.41, 5.74) is 4.37. The molecule has 1 N–H and O–H groups in total. The number of rotatable bonds is 4. The van der Waals surface area contributed by atoms with E-state index in [4.69, 9.17) is 9.72 Å². The molecular weight excluding hydrogens is 386 g/mol. The highest BCUT2D eigenvalue weighted by molar-refractivity contribution is 5.69. The summed E-state index contributed by atoms with van der Waals surface area (Å²) in [5.74, 6) is 1.05. The van der Waals surface area contributed by atoms with Crippen LogP contribution in [0.15, 0.2) is 0 Å². The number of fused-ring (bicyclic) bond motifs is 1. The normalized spacial score (nSPS) is 23.9. The topological polar surface area (TPSA) is 64.4 Å². The second-order valence-electron chi connectivity index (χ2n) is 9.82. The Morgan fingerprint density at radius 3 is 2.32 bits per heavy atom. The van der Waals surface area contributed by atoms with Crippen molar-refractivity contribution in [2.75, 3.05) is 43.1 Å². The Morgan fingerprint density at radius 1 is 0.903 bits per heavy atom. The van der Waals surface area contributed by atoms with E-state index in [1.165, 1.54) is 75.3 Å². The number of nitriles is 1. The molecule has 0 atom stereocenters. The average molecular weight is 424 g/mol. The smallest absolute Gasteiger partial charge is 0.166 e. The van der Waals surface area contributed by atoms with Crippen molar-refractivity contribution < 1.29 is 4.74 Å². The van der Waals surface area contributed by atoms with Crippen LogP contribution in [0, 0.1) is 11.3 Å². The van der Waals surface area contributed by atoms with Crippen LogP contribution in [0.3, 0.4) is 0 Å². The van der Waals surface area contributed by atoms with Gasteiger partial charge in [0.1, 0.15) is 11.9 Å². The highest BCUT2D eigenvalue weighted by atomic mass is 16.5. The van der Waals surface area contributed by atoms with E-state index in [0.29, 0.717) is 17.8 Å². The molecule has 0 spiro atoms. The molecule has 1 saturated heterocycles. The number of nitrogens with one attached hydrogen (secondary N) is 1. The fraction of sp³-hybridized carbons (Fsp3) is 0.760. The van der Waals surface area contributed by atoms with Gasteiger partial charge in [0.2, 0.25) is 0 Å². The average Bonchev–Trinajstić information content (AvgIpc) is 2.85. The van der Waals surface area contributed by atoms with E-state index >= 15 is 0 Å². The van der Waals surface area contributed by atoms with Gasteiger partial charge >= 0.3 is 0 Å². The molecule has 0 unspecified atom stereocenters. The number of hydrogen-bond donors (Lipinski definition) is 1. The minimum atomic E-state index is 0.478. The Hall–Kier alpha value is -1.84. The molecule has 0 aromatic carbocycles. The molecule has 5 rings (SSSR count). The van der Waals surface area contributed by atoms with Crippen LogP contribution < -0.4 is 10.2 Å². The molecule has 0 bridgehead atoms. The highest BCUT2D eigenvalue weighted by Crippen LogP contribution is 2.38. The monoisotopic (exact) mass is 423 g/mol. The molecular formula is C25H37N5O. The molecule has 2 saturated carbocycles. The zero-order valence-electron chi connectivity index (χ0n) is 18.9. The van der Waals surface area contributed by atoms with E-state index in [9.17, 15) is 5.26 Å². The molecule has 1 aromatic heterocycles. The number of morpholine rings is 1. The Balaban J connectivity index is 1.51. The molecule has 2 aliphatic heterocycles. The number of hydrogen-bond acceptors (Lipinski definition) is 6. The molecule has 4 aliphatic rings. The van der Waals surface area contributed by atoms with Gasteiger partial charge in [0.05, 0.1) is 18.9 Å². The second-order valence-corrected chi connectivity index (χ2v) is 9.82. The minimum absolute atomic E-state index is 0.478. The standard InChI is InChI=1S/C25H37N5O/c26-17-23-24(27-19-7-3-1-4-8-19)22-18-30(20-9-5-2-6-10-20)12-11-21(22)25(28-23)29-13-15-31-16-14-29/h19-20,27H,1-16,18H2. The lowest BCUT2D eigenvalue weighted by atomic mass is 9.89. The largest absolute Gasteiger partial charge is 0.380 e. The number of nitrogens with zero attached hydrogens (tertiary/aromatic N) is 4. The second kappa shape index (κ2) is 9.75. The maximum absolute atomic E-state index is 10.1. The number of pyridine rings is 1. The molecule has 168 valence electrons. The van der Waals surface area contributed by atoms with Crippen molar-refractivity contribution in [1.29, 1.82) is 5.26 Å². The molecule has 6 heteroatoms. The van der Waals surface area contributed by atoms with E-state index in [1.54, 1.807) is 0 Å². The zero-order valence-corrected chi connectivity index (χ0v) is 18.9. The van der Waals surface area contributed by atoms with Crippen molar-refractivity contribution in [1.82, 2.24) is 9.88 Å². The van der Waals surface area contributed by atoms with Crippen LogP contribution in [0.2, 0.25) is 0 Å². The Labute approximate surface area is 187 Å². The lowest BCUT2D eigenvalue weighted by Crippen LogP contribution is -2.43. The highest BCUT2D eigenvalue weighted by Gasteiger charge is 2.32. The molecule has 0 radical (unpaired) electrons. The van der Waals surface area contributed by atoms with Gasteiger partial charge in [-0.05, 0) is 37.7 Å². The van der Waals surface area contributed by atoms with Gasteiger partial charge in [-0.25, -0.2) is 4.98 Å². The number of aromatic nitrogens is 1. The predicted octanol–water partition coefficient (Wildman–Crippen LogP) is 4.23. The van der Waals surface area contributed by atoms with Crippen molar-refractivity contribution in [3.05, 3.63) is 16.8 Å². The Kier molecular flexibility index (Phi) is 6.61. The zero-order chi connectivity index (χ0) is 21.0. The van der Waals surface area contributed by atoms with Crippen molar-refractivity contribution >= 4 is 11.5 Å². The van der Waals surface area contributed by atoms with E-state index in [2.05, 4.69) is 21.2 Å². The summed E-state index contributed by atoms with van der Waals surface area (Å²) < 4.78 is 5.59. The van der Waals surface area contributed by atoms with Crippen LogP contribution in [0.4, 0.5) is 11.5 Å². The van der Waals surface area contributed by atoms with Crippen LogP contribution in [0.25, 0.3) is 0 Å². The molecule has 3 fully saturated rings. The van der Waals surface area contributed by atoms with Gasteiger partial charge in [-0.1, -0.05) is 38.5 Å². The number of ether oxygens (including phenoxy) is 1. The summed E-state index contributed by atoms with van der Waals surface area (Å²) in [7, 11) is 0. The van der Waals surface area contributed by atoms with Gasteiger partial charge in [0, 0.05) is 43.8 Å². The molecule has 2 aliphatic carbocycles. The predicted molar refractivity (Wildman–Crippen MR) is 123 cm³/mol. The fourth-order valence-electron chi connectivity index (χ4n) is 6.11. The summed E-state index contributed by atoms with van der Waals surface area (Å²) in [4.78, 5) is 10.0. The van der Waals surface area contributed by atoms with Crippen LogP contribution in [0.1, 0.15) is 81.0 Å². The van der Waals surface area contributed by atoms with Crippen LogP contribution >= 0.6 is 0 Å².